The lowest BCUT2D eigenvalue weighted by molar-refractivity contribution is -0.923. The number of quaternary nitrogens is 1. The molecule has 20 heavy (non-hydrogen) atoms. The first-order chi connectivity index (χ1) is 8.08. The summed E-state index contributed by atoms with van der Waals surface area (Å²) in [5.74, 6) is 1.44. The Morgan fingerprint density at radius 1 is 0.750 bits per heavy atom. The summed E-state index contributed by atoms with van der Waals surface area (Å²) in [5.41, 5.74) is 0.708. The van der Waals surface area contributed by atoms with E-state index in [1.165, 1.54) is 0 Å². The van der Waals surface area contributed by atoms with Gasteiger partial charge in [-0.2, -0.15) is 0 Å². The van der Waals surface area contributed by atoms with Crippen molar-refractivity contribution in [3.05, 3.63) is 0 Å². The maximum atomic E-state index is 2.32. The first-order valence-corrected chi connectivity index (χ1v) is 7.57. The Morgan fingerprint density at radius 2 is 1.05 bits per heavy atom. The van der Waals surface area contributed by atoms with Crippen molar-refractivity contribution < 1.29 is 4.48 Å². The molecule has 0 radical (unpaired) electrons. The van der Waals surface area contributed by atoms with Crippen LogP contribution in [0, 0.1) is 11.8 Å². The molecular weight excluding hydrogens is 244 g/mol. The van der Waals surface area contributed by atoms with Crippen LogP contribution in [0.15, 0.2) is 0 Å². The molecule has 2 heteroatoms. The molecule has 0 fully saturated rings. The van der Waals surface area contributed by atoms with Crippen LogP contribution in [-0.4, -0.2) is 55.7 Å². The molecule has 0 N–H and O–H groups in total. The highest BCUT2D eigenvalue weighted by molar-refractivity contribution is 4.79. The van der Waals surface area contributed by atoms with Gasteiger partial charge in [0.25, 0.3) is 0 Å². The van der Waals surface area contributed by atoms with E-state index in [9.17, 15) is 0 Å². The second kappa shape index (κ2) is 8.38. The lowest BCUT2D eigenvalue weighted by Gasteiger charge is -2.44. The molecule has 0 aromatic rings. The second-order valence-electron chi connectivity index (χ2n) is 8.52. The smallest absolute Gasteiger partial charge is 0.0952 e. The monoisotopic (exact) mass is 289 g/mol. The Balaban J connectivity index is -0.000000277. The van der Waals surface area contributed by atoms with Crippen LogP contribution < -0.4 is 0 Å². The molecule has 0 amide bonds. The largest absolute Gasteiger partial charge is 0.326 e. The molecule has 126 valence electrons. The number of hydrogen-bond acceptors (Lipinski definition) is 1. The third-order valence-electron chi connectivity index (χ3n) is 5.71. The maximum absolute atomic E-state index is 2.32. The topological polar surface area (TPSA) is 3.24 Å². The van der Waals surface area contributed by atoms with Gasteiger partial charge in [-0.05, 0) is 47.7 Å². The van der Waals surface area contributed by atoms with Gasteiger partial charge in [-0.1, -0.05) is 35.1 Å². The molecule has 0 aromatic heterocycles. The highest BCUT2D eigenvalue weighted by Gasteiger charge is 2.35. The van der Waals surface area contributed by atoms with E-state index in [0.717, 1.165) is 10.4 Å². The maximum Gasteiger partial charge on any atom is 0.0952 e. The Morgan fingerprint density at radius 3 is 1.05 bits per heavy atom. The zero-order valence-electron chi connectivity index (χ0n) is 16.0. The lowest BCUT2D eigenvalue weighted by Crippen LogP contribution is -2.56. The minimum Gasteiger partial charge on any atom is -0.326 e. The summed E-state index contributed by atoms with van der Waals surface area (Å²) in [6.45, 7) is 18.2. The Labute approximate surface area is 131 Å². The van der Waals surface area contributed by atoms with Gasteiger partial charge in [-0.25, -0.2) is 0 Å². The predicted molar refractivity (Wildman–Crippen MR) is 96.3 cm³/mol. The van der Waals surface area contributed by atoms with Crippen molar-refractivity contribution in [3.8, 4) is 0 Å². The quantitative estimate of drug-likeness (QED) is 0.675. The van der Waals surface area contributed by atoms with Gasteiger partial charge in [0.2, 0.25) is 0 Å². The predicted octanol–water partition coefficient (Wildman–Crippen LogP) is 4.75. The van der Waals surface area contributed by atoms with Crippen LogP contribution in [0.2, 0.25) is 0 Å². The van der Waals surface area contributed by atoms with Crippen LogP contribution in [-0.2, 0) is 0 Å². The highest BCUT2D eigenvalue weighted by Crippen LogP contribution is 2.25. The molecule has 0 saturated carbocycles. The number of nitrogens with zero attached hydrogens (tertiary/aromatic N) is 2. The second-order valence-corrected chi connectivity index (χ2v) is 8.52. The molecule has 0 unspecified atom stereocenters. The van der Waals surface area contributed by atoms with E-state index >= 15 is 0 Å². The molecule has 0 atom stereocenters. The van der Waals surface area contributed by atoms with Crippen molar-refractivity contribution in [2.45, 2.75) is 73.9 Å². The van der Waals surface area contributed by atoms with E-state index in [-0.39, 0.29) is 7.43 Å². The lowest BCUT2D eigenvalue weighted by atomic mass is 9.88. The zero-order chi connectivity index (χ0) is 16.2. The van der Waals surface area contributed by atoms with Gasteiger partial charge in [0.05, 0.1) is 26.7 Å². The molecular formula is C18H45N2+. The van der Waals surface area contributed by atoms with Crippen molar-refractivity contribution in [3.63, 3.8) is 0 Å². The van der Waals surface area contributed by atoms with E-state index in [4.69, 9.17) is 0 Å². The van der Waals surface area contributed by atoms with Crippen LogP contribution in [0.4, 0.5) is 0 Å². The number of rotatable bonds is 4. The molecule has 0 heterocycles. The van der Waals surface area contributed by atoms with Crippen molar-refractivity contribution >= 4 is 0 Å². The van der Waals surface area contributed by atoms with E-state index in [2.05, 4.69) is 95.5 Å². The molecule has 0 spiro atoms. The van der Waals surface area contributed by atoms with Gasteiger partial charge in [0.1, 0.15) is 0 Å². The Kier molecular flexibility index (Phi) is 10.4. The molecule has 0 aliphatic rings. The van der Waals surface area contributed by atoms with Crippen LogP contribution in [0.3, 0.4) is 0 Å². The van der Waals surface area contributed by atoms with Crippen LogP contribution in [0.1, 0.15) is 62.8 Å². The molecule has 0 aromatic carbocycles. The summed E-state index contributed by atoms with van der Waals surface area (Å²) in [6.07, 6.45) is 0. The fourth-order valence-electron chi connectivity index (χ4n) is 1.29. The molecule has 0 saturated heterocycles. The Hall–Kier alpha value is -0.0800. The first kappa shape index (κ1) is 24.9. The third-order valence-corrected chi connectivity index (χ3v) is 5.71. The summed E-state index contributed by atoms with van der Waals surface area (Å²) < 4.78 is 1.03. The molecule has 2 nitrogen and oxygen atoms in total. The first-order valence-electron chi connectivity index (χ1n) is 7.57. The molecule has 0 aliphatic heterocycles. The van der Waals surface area contributed by atoms with E-state index in [1.807, 2.05) is 0 Å². The molecule has 0 aliphatic carbocycles. The van der Waals surface area contributed by atoms with Crippen molar-refractivity contribution in [2.24, 2.45) is 11.8 Å². The average Bonchev–Trinajstić information content (AvgIpc) is 2.15. The van der Waals surface area contributed by atoms with Crippen LogP contribution in [0.5, 0.6) is 0 Å². The normalized spacial score (nSPS) is 13.2. The number of hydrogen-bond donors (Lipinski definition) is 0. The van der Waals surface area contributed by atoms with Gasteiger partial charge < -0.3 is 9.38 Å². The van der Waals surface area contributed by atoms with Gasteiger partial charge in [-0.3, -0.25) is 0 Å². The van der Waals surface area contributed by atoms with Gasteiger partial charge in [-0.15, -0.1) is 0 Å². The van der Waals surface area contributed by atoms with E-state index in [1.54, 1.807) is 0 Å². The van der Waals surface area contributed by atoms with E-state index in [0.29, 0.717) is 17.0 Å². The minimum atomic E-state index is 0. The van der Waals surface area contributed by atoms with Crippen molar-refractivity contribution in [2.75, 3.05) is 35.2 Å². The third kappa shape index (κ3) is 7.08. The van der Waals surface area contributed by atoms with E-state index < -0.39 is 0 Å². The van der Waals surface area contributed by atoms with Gasteiger partial charge >= 0.3 is 0 Å². The summed E-state index contributed by atoms with van der Waals surface area (Å²) in [4.78, 5) is 2.26. The van der Waals surface area contributed by atoms with Crippen molar-refractivity contribution in [1.29, 1.82) is 0 Å². The molecule has 0 rings (SSSR count). The summed E-state index contributed by atoms with van der Waals surface area (Å²) in [5, 5.41) is 0. The van der Waals surface area contributed by atoms with Gasteiger partial charge in [0, 0.05) is 11.5 Å². The zero-order valence-corrected chi connectivity index (χ0v) is 16.0. The van der Waals surface area contributed by atoms with Crippen LogP contribution >= 0.6 is 0 Å². The van der Waals surface area contributed by atoms with Gasteiger partial charge in [0.15, 0.2) is 0 Å². The summed E-state index contributed by atoms with van der Waals surface area (Å²) >= 11 is 0. The standard InChI is InChI=1S/C9H22N.C8H19N.CH4/c1-8(2)9(3,4)10(5,6)7;1-7(2)8(3,4)9(5)6;/h8H,1-7H3;7H,1-6H3;1H4/q+1;;. The average molecular weight is 290 g/mol. The highest BCUT2D eigenvalue weighted by atomic mass is 15.3. The fourth-order valence-corrected chi connectivity index (χ4v) is 1.29. The van der Waals surface area contributed by atoms with Crippen molar-refractivity contribution in [1.82, 2.24) is 4.90 Å². The minimum absolute atomic E-state index is 0. The molecule has 0 bridgehead atoms. The summed E-state index contributed by atoms with van der Waals surface area (Å²) in [7, 11) is 11.0. The summed E-state index contributed by atoms with van der Waals surface area (Å²) in [6, 6.07) is 0. The van der Waals surface area contributed by atoms with Crippen LogP contribution in [0.25, 0.3) is 0 Å². The SMILES string of the molecule is C.CC(C)C(C)(C)N(C)C.CC(C)C(C)(C)[N+](C)(C)C. The Bertz CT molecular complexity index is 233. The fraction of sp³-hybridized carbons (Fsp3) is 1.00.